The highest BCUT2D eigenvalue weighted by molar-refractivity contribution is 6.33. The van der Waals surface area contributed by atoms with E-state index in [4.69, 9.17) is 11.6 Å². The van der Waals surface area contributed by atoms with Crippen molar-refractivity contribution in [3.8, 4) is 0 Å². The number of unbranched alkanes of at least 4 members (excludes halogenated alkanes) is 8. The number of carbonyl (C=O) groups excluding carboxylic acids is 2. The van der Waals surface area contributed by atoms with Crippen molar-refractivity contribution >= 4 is 23.5 Å². The van der Waals surface area contributed by atoms with E-state index in [1.807, 2.05) is 0 Å². The molecule has 4 nitrogen and oxygen atoms in total. The summed E-state index contributed by atoms with van der Waals surface area (Å²) in [4.78, 5) is 31.3. The molecule has 0 aliphatic carbocycles. The molecule has 0 aliphatic rings. The molecule has 0 rings (SSSR count). The van der Waals surface area contributed by atoms with Gasteiger partial charge in [-0.2, -0.15) is 0 Å². The Hall–Kier alpha value is -0.770. The largest absolute Gasteiger partial charge is 0.376 e. The minimum Gasteiger partial charge on any atom is -0.247 e. The van der Waals surface area contributed by atoms with Gasteiger partial charge in [0.2, 0.25) is 0 Å². The van der Waals surface area contributed by atoms with E-state index in [0.29, 0.717) is 12.8 Å². The number of carbonyl (C=O) groups is 2. The lowest BCUT2D eigenvalue weighted by Crippen LogP contribution is -2.33. The molecule has 0 aromatic carbocycles. The van der Waals surface area contributed by atoms with Gasteiger partial charge in [-0.25, -0.2) is 19.4 Å². The summed E-state index contributed by atoms with van der Waals surface area (Å²) in [6, 6.07) is 0. The van der Waals surface area contributed by atoms with Crippen LogP contribution in [0.4, 0.5) is 0 Å². The van der Waals surface area contributed by atoms with Crippen molar-refractivity contribution < 1.29 is 19.4 Å². The van der Waals surface area contributed by atoms with E-state index in [0.717, 1.165) is 19.3 Å². The maximum Gasteiger partial charge on any atom is 0.376 e. The molecule has 0 amide bonds. The van der Waals surface area contributed by atoms with Crippen LogP contribution in [-0.2, 0) is 19.4 Å². The maximum absolute atomic E-state index is 11.7. The van der Waals surface area contributed by atoms with Crippen molar-refractivity contribution in [3.63, 3.8) is 0 Å². The Labute approximate surface area is 146 Å². The standard InChI is InChI=1S/C18H33ClO4/c1-4-7-8-9-10-11-12-13-14-15-16(20)22-23-17(21)18(19,5-2)6-3/h4-15H2,1-3H3. The molecular formula is C18H33ClO4. The summed E-state index contributed by atoms with van der Waals surface area (Å²) >= 11 is 6.08. The molecule has 5 heteroatoms. The molecule has 0 unspecified atom stereocenters. The second kappa shape index (κ2) is 13.6. The summed E-state index contributed by atoms with van der Waals surface area (Å²) in [6.45, 7) is 5.80. The topological polar surface area (TPSA) is 52.6 Å². The molecular weight excluding hydrogens is 316 g/mol. The first-order valence-corrected chi connectivity index (χ1v) is 9.48. The van der Waals surface area contributed by atoms with Gasteiger partial charge in [-0.15, -0.1) is 11.6 Å². The van der Waals surface area contributed by atoms with E-state index < -0.39 is 16.8 Å². The lowest BCUT2D eigenvalue weighted by atomic mass is 10.0. The van der Waals surface area contributed by atoms with Gasteiger partial charge in [-0.3, -0.25) is 0 Å². The second-order valence-corrected chi connectivity index (χ2v) is 6.80. The van der Waals surface area contributed by atoms with E-state index in [9.17, 15) is 9.59 Å². The average molecular weight is 349 g/mol. The Morgan fingerprint density at radius 2 is 1.26 bits per heavy atom. The molecule has 0 bridgehead atoms. The molecule has 0 aromatic heterocycles. The number of hydrogen-bond donors (Lipinski definition) is 0. The van der Waals surface area contributed by atoms with Crippen LogP contribution >= 0.6 is 11.6 Å². The molecule has 0 saturated carbocycles. The van der Waals surface area contributed by atoms with Gasteiger partial charge in [0.25, 0.3) is 0 Å². The van der Waals surface area contributed by atoms with Gasteiger partial charge < -0.3 is 0 Å². The molecule has 0 saturated heterocycles. The molecule has 0 radical (unpaired) electrons. The van der Waals surface area contributed by atoms with Gasteiger partial charge in [0.1, 0.15) is 4.87 Å². The minimum absolute atomic E-state index is 0.274. The number of rotatable bonds is 13. The first kappa shape index (κ1) is 22.2. The van der Waals surface area contributed by atoms with Gasteiger partial charge in [-0.05, 0) is 19.3 Å². The van der Waals surface area contributed by atoms with Gasteiger partial charge in [0.05, 0.1) is 6.42 Å². The van der Waals surface area contributed by atoms with Gasteiger partial charge in [0, 0.05) is 0 Å². The van der Waals surface area contributed by atoms with Crippen LogP contribution in [0.25, 0.3) is 0 Å². The van der Waals surface area contributed by atoms with Crippen molar-refractivity contribution in [2.75, 3.05) is 0 Å². The lowest BCUT2D eigenvalue weighted by molar-refractivity contribution is -0.261. The molecule has 0 fully saturated rings. The Balaban J connectivity index is 3.59. The summed E-state index contributed by atoms with van der Waals surface area (Å²) in [5.41, 5.74) is 0. The third kappa shape index (κ3) is 10.6. The van der Waals surface area contributed by atoms with Crippen LogP contribution in [0, 0.1) is 0 Å². The lowest BCUT2D eigenvalue weighted by Gasteiger charge is -2.19. The predicted molar refractivity (Wildman–Crippen MR) is 93.2 cm³/mol. The summed E-state index contributed by atoms with van der Waals surface area (Å²) in [6.07, 6.45) is 11.7. The van der Waals surface area contributed by atoms with E-state index in [-0.39, 0.29) is 6.42 Å². The van der Waals surface area contributed by atoms with Crippen LogP contribution < -0.4 is 0 Å². The normalized spacial score (nSPS) is 11.3. The summed E-state index contributed by atoms with van der Waals surface area (Å²) in [7, 11) is 0. The third-order valence-corrected chi connectivity index (χ3v) is 4.87. The van der Waals surface area contributed by atoms with Crippen LogP contribution in [0.2, 0.25) is 0 Å². The highest BCUT2D eigenvalue weighted by Crippen LogP contribution is 2.25. The fraction of sp³-hybridized carbons (Fsp3) is 0.889. The van der Waals surface area contributed by atoms with E-state index in [1.54, 1.807) is 13.8 Å². The van der Waals surface area contributed by atoms with Crippen LogP contribution in [0.15, 0.2) is 0 Å². The van der Waals surface area contributed by atoms with Gasteiger partial charge >= 0.3 is 11.9 Å². The third-order valence-electron chi connectivity index (χ3n) is 4.18. The van der Waals surface area contributed by atoms with E-state index in [1.165, 1.54) is 38.5 Å². The molecule has 136 valence electrons. The Bertz CT molecular complexity index is 327. The van der Waals surface area contributed by atoms with Crippen molar-refractivity contribution in [1.82, 2.24) is 0 Å². The van der Waals surface area contributed by atoms with Crippen molar-refractivity contribution in [2.24, 2.45) is 0 Å². The zero-order valence-corrected chi connectivity index (χ0v) is 15.8. The van der Waals surface area contributed by atoms with E-state index >= 15 is 0 Å². The number of halogens is 1. The number of hydrogen-bond acceptors (Lipinski definition) is 4. The van der Waals surface area contributed by atoms with Crippen molar-refractivity contribution in [2.45, 2.75) is 103 Å². The van der Waals surface area contributed by atoms with Crippen LogP contribution in [0.1, 0.15) is 97.8 Å². The molecule has 0 heterocycles. The molecule has 0 spiro atoms. The minimum atomic E-state index is -1.10. The smallest absolute Gasteiger partial charge is 0.247 e. The summed E-state index contributed by atoms with van der Waals surface area (Å²) in [5.74, 6) is -1.20. The summed E-state index contributed by atoms with van der Waals surface area (Å²) in [5, 5.41) is 0. The first-order chi connectivity index (χ1) is 11.0. The van der Waals surface area contributed by atoms with Crippen LogP contribution in [0.5, 0.6) is 0 Å². The van der Waals surface area contributed by atoms with Gasteiger partial charge in [-0.1, -0.05) is 72.1 Å². The zero-order chi connectivity index (χ0) is 17.6. The molecule has 23 heavy (non-hydrogen) atoms. The van der Waals surface area contributed by atoms with Crippen molar-refractivity contribution in [1.29, 1.82) is 0 Å². The van der Waals surface area contributed by atoms with Crippen molar-refractivity contribution in [3.05, 3.63) is 0 Å². The average Bonchev–Trinajstić information content (AvgIpc) is 2.57. The molecule has 0 aromatic rings. The van der Waals surface area contributed by atoms with Crippen LogP contribution in [0.3, 0.4) is 0 Å². The van der Waals surface area contributed by atoms with Gasteiger partial charge in [0.15, 0.2) is 0 Å². The SMILES string of the molecule is CCCCCCCCCCCC(=O)OOC(=O)C(Cl)(CC)CC. The maximum atomic E-state index is 11.7. The fourth-order valence-electron chi connectivity index (χ4n) is 2.32. The Kier molecular flexibility index (Phi) is 13.2. The molecule has 0 N–H and O–H groups in total. The summed E-state index contributed by atoms with van der Waals surface area (Å²) < 4.78 is 0. The van der Waals surface area contributed by atoms with Crippen LogP contribution in [-0.4, -0.2) is 16.8 Å². The highest BCUT2D eigenvalue weighted by atomic mass is 35.5. The Morgan fingerprint density at radius 3 is 1.74 bits per heavy atom. The monoisotopic (exact) mass is 348 g/mol. The predicted octanol–water partition coefficient (Wildman–Crippen LogP) is 5.71. The fourth-order valence-corrected chi connectivity index (χ4v) is 2.35. The number of alkyl halides is 1. The highest BCUT2D eigenvalue weighted by Gasteiger charge is 2.35. The van der Waals surface area contributed by atoms with E-state index in [2.05, 4.69) is 16.7 Å². The zero-order valence-electron chi connectivity index (χ0n) is 15.0. The molecule has 0 atom stereocenters. The Morgan fingerprint density at radius 1 is 0.783 bits per heavy atom. The quantitative estimate of drug-likeness (QED) is 0.185. The first-order valence-electron chi connectivity index (χ1n) is 9.10. The second-order valence-electron chi connectivity index (χ2n) is 6.08. The molecule has 0 aliphatic heterocycles.